The average molecular weight is 435 g/mol. The van der Waals surface area contributed by atoms with Crippen LogP contribution in [0.5, 0.6) is 5.75 Å². The molecule has 2 N–H and O–H groups in total. The minimum absolute atomic E-state index is 0.131. The first-order chi connectivity index (χ1) is 15.1. The van der Waals surface area contributed by atoms with E-state index in [2.05, 4.69) is 4.90 Å². The van der Waals surface area contributed by atoms with Gasteiger partial charge in [0.05, 0.1) is 17.1 Å². The maximum Gasteiger partial charge on any atom is 0.408 e. The van der Waals surface area contributed by atoms with Crippen LogP contribution in [0.3, 0.4) is 0 Å². The van der Waals surface area contributed by atoms with Crippen LogP contribution in [-0.2, 0) is 0 Å². The summed E-state index contributed by atoms with van der Waals surface area (Å²) in [7, 11) is 0. The largest absolute Gasteiger partial charge is 0.507 e. The number of aromatic nitrogens is 2. The summed E-state index contributed by atoms with van der Waals surface area (Å²) in [6.07, 6.45) is 0.782. The first-order valence-corrected chi connectivity index (χ1v) is 11.0. The summed E-state index contributed by atoms with van der Waals surface area (Å²) in [6.45, 7) is 9.15. The van der Waals surface area contributed by atoms with Gasteiger partial charge in [-0.25, -0.2) is 14.8 Å². The summed E-state index contributed by atoms with van der Waals surface area (Å²) in [6, 6.07) is 13.0. The van der Waals surface area contributed by atoms with Gasteiger partial charge in [0.15, 0.2) is 5.82 Å². The van der Waals surface area contributed by atoms with Crippen LogP contribution in [0, 0.1) is 6.92 Å². The third-order valence-electron chi connectivity index (χ3n) is 5.97. The molecule has 3 aromatic rings. The van der Waals surface area contributed by atoms with Gasteiger partial charge in [0.25, 0.3) is 0 Å². The second kappa shape index (κ2) is 8.30. The first kappa shape index (κ1) is 21.9. The Bertz CT molecular complexity index is 1160. The van der Waals surface area contributed by atoms with Gasteiger partial charge in [-0.05, 0) is 70.4 Å². The second-order valence-electron chi connectivity index (χ2n) is 9.47. The van der Waals surface area contributed by atoms with Gasteiger partial charge in [-0.3, -0.25) is 4.90 Å². The van der Waals surface area contributed by atoms with Crippen molar-refractivity contribution in [3.63, 3.8) is 0 Å². The standard InChI is InChI=1S/C25H30N4O3/c1-16-11-12-18-20(14-16)26-22(19-9-5-6-10-21(19)30)27-23(18)28-13-7-8-17(15-28)29(24(31)32)25(2,3)4/h5-6,9-12,14,17,30H,7-8,13,15H2,1-4H3,(H,31,32)/t17-/m1/s1. The zero-order chi connectivity index (χ0) is 23.0. The molecular weight excluding hydrogens is 404 g/mol. The van der Waals surface area contributed by atoms with Gasteiger partial charge >= 0.3 is 6.09 Å². The normalized spacial score (nSPS) is 16.9. The highest BCUT2D eigenvalue weighted by Gasteiger charge is 2.36. The smallest absolute Gasteiger partial charge is 0.408 e. The minimum atomic E-state index is -0.901. The molecule has 1 saturated heterocycles. The van der Waals surface area contributed by atoms with Crippen LogP contribution >= 0.6 is 0 Å². The van der Waals surface area contributed by atoms with Crippen LogP contribution in [0.4, 0.5) is 10.6 Å². The van der Waals surface area contributed by atoms with E-state index in [4.69, 9.17) is 9.97 Å². The lowest BCUT2D eigenvalue weighted by Gasteiger charge is -2.44. The minimum Gasteiger partial charge on any atom is -0.507 e. The van der Waals surface area contributed by atoms with Crippen LogP contribution in [0.2, 0.25) is 0 Å². The Morgan fingerprint density at radius 1 is 1.16 bits per heavy atom. The monoisotopic (exact) mass is 434 g/mol. The summed E-state index contributed by atoms with van der Waals surface area (Å²) in [4.78, 5) is 25.4. The van der Waals surface area contributed by atoms with Crippen LogP contribution in [0.1, 0.15) is 39.2 Å². The number of rotatable bonds is 3. The maximum absolute atomic E-state index is 12.1. The molecule has 1 aliphatic heterocycles. The van der Waals surface area contributed by atoms with E-state index in [1.54, 1.807) is 23.1 Å². The number of fused-ring (bicyclic) bond motifs is 1. The summed E-state index contributed by atoms with van der Waals surface area (Å²) in [5.41, 5.74) is 1.98. The number of aryl methyl sites for hydroxylation is 1. The van der Waals surface area contributed by atoms with Crippen LogP contribution in [0.25, 0.3) is 22.3 Å². The number of amides is 1. The number of hydrogen-bond donors (Lipinski definition) is 2. The molecule has 2 heterocycles. The van der Waals surface area contributed by atoms with Gasteiger partial charge in [-0.15, -0.1) is 0 Å². The van der Waals surface area contributed by atoms with Gasteiger partial charge in [0.1, 0.15) is 11.6 Å². The topological polar surface area (TPSA) is 89.8 Å². The number of phenolic OH excluding ortho intramolecular Hbond substituents is 1. The number of carbonyl (C=O) groups is 1. The van der Waals surface area contributed by atoms with Crippen molar-refractivity contribution in [3.8, 4) is 17.1 Å². The Labute approximate surface area is 188 Å². The van der Waals surface area contributed by atoms with E-state index in [9.17, 15) is 15.0 Å². The van der Waals surface area contributed by atoms with Crippen molar-refractivity contribution in [3.05, 3.63) is 48.0 Å². The van der Waals surface area contributed by atoms with Crippen LogP contribution in [0.15, 0.2) is 42.5 Å². The fraction of sp³-hybridized carbons (Fsp3) is 0.400. The molecule has 32 heavy (non-hydrogen) atoms. The number of para-hydroxylation sites is 1. The predicted molar refractivity (Wildman–Crippen MR) is 126 cm³/mol. The van der Waals surface area contributed by atoms with E-state index >= 15 is 0 Å². The number of carboxylic acid groups (broad SMARTS) is 1. The van der Waals surface area contributed by atoms with Gasteiger partial charge in [0.2, 0.25) is 0 Å². The number of hydrogen-bond acceptors (Lipinski definition) is 5. The number of benzene rings is 2. The third-order valence-corrected chi connectivity index (χ3v) is 5.97. The predicted octanol–water partition coefficient (Wildman–Crippen LogP) is 5.06. The highest BCUT2D eigenvalue weighted by molar-refractivity contribution is 5.92. The fourth-order valence-corrected chi connectivity index (χ4v) is 4.60. The van der Waals surface area contributed by atoms with E-state index in [1.165, 1.54) is 0 Å². The molecule has 0 radical (unpaired) electrons. The lowest BCUT2D eigenvalue weighted by molar-refractivity contribution is 0.0648. The molecule has 1 aliphatic rings. The van der Waals surface area contributed by atoms with Crippen molar-refractivity contribution < 1.29 is 15.0 Å². The third kappa shape index (κ3) is 4.20. The Morgan fingerprint density at radius 3 is 2.59 bits per heavy atom. The molecule has 0 spiro atoms. The van der Waals surface area contributed by atoms with Crippen molar-refractivity contribution in [2.45, 2.75) is 52.1 Å². The molecule has 0 bridgehead atoms. The van der Waals surface area contributed by atoms with E-state index in [-0.39, 0.29) is 11.8 Å². The number of phenols is 1. The van der Waals surface area contributed by atoms with Gasteiger partial charge in [-0.2, -0.15) is 0 Å². The molecule has 0 saturated carbocycles. The van der Waals surface area contributed by atoms with Gasteiger partial charge < -0.3 is 15.1 Å². The molecule has 1 fully saturated rings. The highest BCUT2D eigenvalue weighted by Crippen LogP contribution is 2.34. The van der Waals surface area contributed by atoms with E-state index in [1.807, 2.05) is 52.0 Å². The quantitative estimate of drug-likeness (QED) is 0.599. The number of anilines is 1. The lowest BCUT2D eigenvalue weighted by atomic mass is 9.97. The molecular formula is C25H30N4O3. The van der Waals surface area contributed by atoms with Crippen molar-refractivity contribution in [2.24, 2.45) is 0 Å². The van der Waals surface area contributed by atoms with Crippen molar-refractivity contribution >= 4 is 22.8 Å². The van der Waals surface area contributed by atoms with Crippen molar-refractivity contribution in [2.75, 3.05) is 18.0 Å². The second-order valence-corrected chi connectivity index (χ2v) is 9.47. The maximum atomic E-state index is 12.1. The average Bonchev–Trinajstić information content (AvgIpc) is 2.72. The molecule has 2 aromatic carbocycles. The molecule has 168 valence electrons. The van der Waals surface area contributed by atoms with E-state index < -0.39 is 11.6 Å². The Kier molecular flexibility index (Phi) is 5.67. The van der Waals surface area contributed by atoms with Crippen molar-refractivity contribution in [1.82, 2.24) is 14.9 Å². The zero-order valence-electron chi connectivity index (χ0n) is 19.0. The van der Waals surface area contributed by atoms with E-state index in [0.717, 1.165) is 41.7 Å². The first-order valence-electron chi connectivity index (χ1n) is 11.0. The Morgan fingerprint density at radius 2 is 1.91 bits per heavy atom. The Balaban J connectivity index is 1.81. The van der Waals surface area contributed by atoms with Gasteiger partial charge in [0, 0.05) is 24.0 Å². The molecule has 1 atom stereocenters. The summed E-state index contributed by atoms with van der Waals surface area (Å²) in [5, 5.41) is 21.2. The molecule has 1 aromatic heterocycles. The number of nitrogens with zero attached hydrogens (tertiary/aromatic N) is 4. The number of piperidine rings is 1. The van der Waals surface area contributed by atoms with Gasteiger partial charge in [-0.1, -0.05) is 18.2 Å². The molecule has 0 unspecified atom stereocenters. The zero-order valence-corrected chi connectivity index (χ0v) is 19.0. The molecule has 4 rings (SSSR count). The highest BCUT2D eigenvalue weighted by atomic mass is 16.4. The SMILES string of the molecule is Cc1ccc2c(N3CCC[C@@H](N(C(=O)O)C(C)(C)C)C3)nc(-c3ccccc3O)nc2c1. The van der Waals surface area contributed by atoms with Crippen LogP contribution in [-0.4, -0.2) is 55.8 Å². The summed E-state index contributed by atoms with van der Waals surface area (Å²) >= 11 is 0. The van der Waals surface area contributed by atoms with E-state index in [0.29, 0.717) is 17.9 Å². The van der Waals surface area contributed by atoms with Crippen molar-refractivity contribution in [1.29, 1.82) is 0 Å². The number of aromatic hydroxyl groups is 1. The fourth-order valence-electron chi connectivity index (χ4n) is 4.60. The summed E-state index contributed by atoms with van der Waals surface area (Å²) < 4.78 is 0. The summed E-state index contributed by atoms with van der Waals surface area (Å²) in [5.74, 6) is 1.37. The molecule has 7 nitrogen and oxygen atoms in total. The molecule has 7 heteroatoms. The molecule has 0 aliphatic carbocycles. The molecule has 1 amide bonds. The lowest BCUT2D eigenvalue weighted by Crippen LogP contribution is -2.57. The Hall–Kier alpha value is -3.35. The van der Waals surface area contributed by atoms with Crippen LogP contribution < -0.4 is 4.90 Å².